The van der Waals surface area contributed by atoms with Crippen LogP contribution in [0, 0.1) is 5.92 Å². The van der Waals surface area contributed by atoms with Crippen molar-refractivity contribution in [3.8, 4) is 5.75 Å². The number of piperidine rings is 1. The maximum Gasteiger partial charge on any atom is 0.118 e. The number of hydrogen-bond acceptors (Lipinski definition) is 3. The third-order valence-electron chi connectivity index (χ3n) is 3.99. The van der Waals surface area contributed by atoms with Crippen LogP contribution in [0.2, 0.25) is 0 Å². The third kappa shape index (κ3) is 2.68. The Labute approximate surface area is 109 Å². The fraction of sp³-hybridized carbons (Fsp3) is 0.600. The molecular formula is C15H23NO2. The Morgan fingerprint density at radius 3 is 2.50 bits per heavy atom. The largest absolute Gasteiger partial charge is 0.497 e. The number of aliphatic hydroxyl groups excluding tert-OH is 1. The molecule has 0 aromatic heterocycles. The van der Waals surface area contributed by atoms with E-state index in [1.54, 1.807) is 7.11 Å². The lowest BCUT2D eigenvalue weighted by Crippen LogP contribution is -2.46. The molecule has 1 aromatic rings. The zero-order valence-corrected chi connectivity index (χ0v) is 11.5. The molecule has 0 amide bonds. The van der Waals surface area contributed by atoms with Crippen LogP contribution in [-0.2, 0) is 0 Å². The predicted molar refractivity (Wildman–Crippen MR) is 73.0 cm³/mol. The lowest BCUT2D eigenvalue weighted by atomic mass is 9.77. The number of likely N-dealkylation sites (tertiary alicyclic amines) is 1. The van der Waals surface area contributed by atoms with Crippen LogP contribution in [0.4, 0.5) is 0 Å². The van der Waals surface area contributed by atoms with E-state index in [0.29, 0.717) is 5.92 Å². The first-order valence-electron chi connectivity index (χ1n) is 6.66. The van der Waals surface area contributed by atoms with Gasteiger partial charge in [-0.15, -0.1) is 0 Å². The van der Waals surface area contributed by atoms with E-state index >= 15 is 0 Å². The molecule has 100 valence electrons. The first kappa shape index (κ1) is 13.4. The summed E-state index contributed by atoms with van der Waals surface area (Å²) in [6.45, 7) is 4.02. The van der Waals surface area contributed by atoms with Gasteiger partial charge >= 0.3 is 0 Å². The number of hydrogen-bond donors (Lipinski definition) is 1. The molecule has 0 bridgehead atoms. The molecule has 0 saturated carbocycles. The van der Waals surface area contributed by atoms with Gasteiger partial charge in [0.1, 0.15) is 5.75 Å². The van der Waals surface area contributed by atoms with Gasteiger partial charge in [0.15, 0.2) is 0 Å². The lowest BCUT2D eigenvalue weighted by Gasteiger charge is -2.40. The van der Waals surface area contributed by atoms with Gasteiger partial charge in [0.25, 0.3) is 0 Å². The molecule has 1 N–H and O–H groups in total. The molecular weight excluding hydrogens is 226 g/mol. The summed E-state index contributed by atoms with van der Waals surface area (Å²) in [4.78, 5) is 2.22. The summed E-state index contributed by atoms with van der Waals surface area (Å²) in [6, 6.07) is 8.13. The predicted octanol–water partition coefficient (Wildman–Crippen LogP) is 2.11. The first-order valence-corrected chi connectivity index (χ1v) is 6.66. The number of ether oxygens (including phenoxy) is 1. The zero-order valence-electron chi connectivity index (χ0n) is 11.5. The van der Waals surface area contributed by atoms with Gasteiger partial charge in [-0.05, 0) is 30.7 Å². The molecule has 1 unspecified atom stereocenters. The zero-order chi connectivity index (χ0) is 13.1. The number of benzene rings is 1. The minimum atomic E-state index is -0.276. The van der Waals surface area contributed by atoms with Crippen LogP contribution in [0.15, 0.2) is 24.3 Å². The molecule has 0 radical (unpaired) electrons. The van der Waals surface area contributed by atoms with Crippen molar-refractivity contribution in [1.82, 2.24) is 4.90 Å². The van der Waals surface area contributed by atoms with Gasteiger partial charge in [-0.25, -0.2) is 0 Å². The summed E-state index contributed by atoms with van der Waals surface area (Å²) in [7, 11) is 3.75. The second-order valence-electron chi connectivity index (χ2n) is 5.26. The summed E-state index contributed by atoms with van der Waals surface area (Å²) >= 11 is 0. The standard InChI is InChI=1S/C15H23NO2/c1-4-11-9-16(2)10-14(17)15(11)12-5-7-13(18-3)8-6-12/h5-8,11,14-15,17H,4,9-10H2,1-3H3/t11-,14?,15-/m1/s1. The molecule has 1 fully saturated rings. The van der Waals surface area contributed by atoms with Crippen molar-refractivity contribution < 1.29 is 9.84 Å². The summed E-state index contributed by atoms with van der Waals surface area (Å²) < 4.78 is 5.18. The SMILES string of the molecule is CC[C@@H]1CN(C)CC(O)[C@H]1c1ccc(OC)cc1. The van der Waals surface area contributed by atoms with Crippen LogP contribution >= 0.6 is 0 Å². The highest BCUT2D eigenvalue weighted by Gasteiger charge is 2.34. The van der Waals surface area contributed by atoms with Gasteiger partial charge in [-0.1, -0.05) is 25.5 Å². The molecule has 1 aliphatic heterocycles. The van der Waals surface area contributed by atoms with E-state index in [-0.39, 0.29) is 12.0 Å². The number of methoxy groups -OCH3 is 1. The van der Waals surface area contributed by atoms with Crippen molar-refractivity contribution in [1.29, 1.82) is 0 Å². The highest BCUT2D eigenvalue weighted by Crippen LogP contribution is 2.35. The van der Waals surface area contributed by atoms with Crippen LogP contribution in [0.25, 0.3) is 0 Å². The van der Waals surface area contributed by atoms with E-state index < -0.39 is 0 Å². The number of rotatable bonds is 3. The minimum Gasteiger partial charge on any atom is -0.497 e. The van der Waals surface area contributed by atoms with Crippen LogP contribution in [0.5, 0.6) is 5.75 Å². The molecule has 0 spiro atoms. The van der Waals surface area contributed by atoms with Gasteiger partial charge in [0, 0.05) is 19.0 Å². The summed E-state index contributed by atoms with van der Waals surface area (Å²) in [5.74, 6) is 1.64. The molecule has 3 nitrogen and oxygen atoms in total. The van der Waals surface area contributed by atoms with Gasteiger partial charge in [-0.3, -0.25) is 0 Å². The Morgan fingerprint density at radius 1 is 1.28 bits per heavy atom. The quantitative estimate of drug-likeness (QED) is 0.890. The van der Waals surface area contributed by atoms with Crippen LogP contribution in [-0.4, -0.2) is 43.4 Å². The van der Waals surface area contributed by atoms with E-state index in [4.69, 9.17) is 4.74 Å². The van der Waals surface area contributed by atoms with Crippen LogP contribution < -0.4 is 4.74 Å². The molecule has 1 aromatic carbocycles. The maximum absolute atomic E-state index is 10.3. The molecule has 1 saturated heterocycles. The normalized spacial score (nSPS) is 29.2. The maximum atomic E-state index is 10.3. The molecule has 0 aliphatic carbocycles. The van der Waals surface area contributed by atoms with Gasteiger partial charge in [0.2, 0.25) is 0 Å². The van der Waals surface area contributed by atoms with Crippen LogP contribution in [0.1, 0.15) is 24.8 Å². The Balaban J connectivity index is 2.22. The number of nitrogens with zero attached hydrogens (tertiary/aromatic N) is 1. The van der Waals surface area contributed by atoms with Crippen molar-refractivity contribution in [2.24, 2.45) is 5.92 Å². The number of likely N-dealkylation sites (N-methyl/N-ethyl adjacent to an activating group) is 1. The minimum absolute atomic E-state index is 0.247. The number of β-amino-alcohol motifs (C(OH)–C–C–N with tert-alkyl or cyclic N) is 1. The monoisotopic (exact) mass is 249 g/mol. The molecule has 18 heavy (non-hydrogen) atoms. The van der Waals surface area contributed by atoms with Crippen molar-refractivity contribution in [3.05, 3.63) is 29.8 Å². The van der Waals surface area contributed by atoms with Crippen molar-refractivity contribution in [3.63, 3.8) is 0 Å². The van der Waals surface area contributed by atoms with E-state index in [1.807, 2.05) is 12.1 Å². The van der Waals surface area contributed by atoms with Gasteiger partial charge < -0.3 is 14.7 Å². The molecule has 1 heterocycles. The summed E-state index contributed by atoms with van der Waals surface area (Å²) in [5.41, 5.74) is 1.23. The molecule has 3 heteroatoms. The van der Waals surface area contributed by atoms with E-state index in [0.717, 1.165) is 25.3 Å². The second-order valence-corrected chi connectivity index (χ2v) is 5.26. The van der Waals surface area contributed by atoms with E-state index in [9.17, 15) is 5.11 Å². The Morgan fingerprint density at radius 2 is 1.94 bits per heavy atom. The average molecular weight is 249 g/mol. The lowest BCUT2D eigenvalue weighted by molar-refractivity contribution is 0.0283. The molecule has 3 atom stereocenters. The second kappa shape index (κ2) is 5.72. The topological polar surface area (TPSA) is 32.7 Å². The van der Waals surface area contributed by atoms with Crippen LogP contribution in [0.3, 0.4) is 0 Å². The number of aliphatic hydroxyl groups is 1. The molecule has 1 aliphatic rings. The summed E-state index contributed by atoms with van der Waals surface area (Å²) in [6.07, 6.45) is 0.819. The van der Waals surface area contributed by atoms with Gasteiger partial charge in [-0.2, -0.15) is 0 Å². The van der Waals surface area contributed by atoms with Gasteiger partial charge in [0.05, 0.1) is 13.2 Å². The fourth-order valence-electron chi connectivity index (χ4n) is 3.04. The van der Waals surface area contributed by atoms with Crippen molar-refractivity contribution in [2.45, 2.75) is 25.4 Å². The highest BCUT2D eigenvalue weighted by atomic mass is 16.5. The Bertz CT molecular complexity index is 377. The van der Waals surface area contributed by atoms with Crippen molar-refractivity contribution >= 4 is 0 Å². The van der Waals surface area contributed by atoms with E-state index in [1.165, 1.54) is 5.56 Å². The Hall–Kier alpha value is -1.06. The highest BCUT2D eigenvalue weighted by molar-refractivity contribution is 5.31. The summed E-state index contributed by atoms with van der Waals surface area (Å²) in [5, 5.41) is 10.3. The smallest absolute Gasteiger partial charge is 0.118 e. The Kier molecular flexibility index (Phi) is 4.25. The van der Waals surface area contributed by atoms with Crippen molar-refractivity contribution in [2.75, 3.05) is 27.2 Å². The fourth-order valence-corrected chi connectivity index (χ4v) is 3.04. The average Bonchev–Trinajstić information content (AvgIpc) is 2.38. The van der Waals surface area contributed by atoms with E-state index in [2.05, 4.69) is 31.0 Å². The molecule has 2 rings (SSSR count). The first-order chi connectivity index (χ1) is 8.65. The third-order valence-corrected chi connectivity index (χ3v) is 3.99.